The van der Waals surface area contributed by atoms with Crippen molar-refractivity contribution in [3.8, 4) is 0 Å². The van der Waals surface area contributed by atoms with Crippen LogP contribution in [0, 0.1) is 11.8 Å². The largest absolute Gasteiger partial charge is 0.340 e. The number of hydrogen-bond acceptors (Lipinski definition) is 1. The van der Waals surface area contributed by atoms with Crippen molar-refractivity contribution in [2.45, 2.75) is 58.4 Å². The molecule has 2 unspecified atom stereocenters. The van der Waals surface area contributed by atoms with Gasteiger partial charge in [0.15, 0.2) is 0 Å². The maximum atomic E-state index is 11.8. The Hall–Kier alpha value is -0.530. The molecule has 0 spiro atoms. The summed E-state index contributed by atoms with van der Waals surface area (Å²) in [6.45, 7) is 5.46. The van der Waals surface area contributed by atoms with Gasteiger partial charge in [-0.15, -0.1) is 0 Å². The van der Waals surface area contributed by atoms with Gasteiger partial charge >= 0.3 is 0 Å². The molecule has 1 saturated carbocycles. The van der Waals surface area contributed by atoms with Crippen LogP contribution in [-0.4, -0.2) is 23.4 Å². The van der Waals surface area contributed by atoms with E-state index in [1.165, 1.54) is 32.1 Å². The summed E-state index contributed by atoms with van der Waals surface area (Å²) in [5.74, 6) is 1.98. The zero-order valence-electron chi connectivity index (χ0n) is 10.0. The normalized spacial score (nSPS) is 28.5. The van der Waals surface area contributed by atoms with Crippen LogP contribution in [0.5, 0.6) is 0 Å². The lowest BCUT2D eigenvalue weighted by molar-refractivity contribution is -0.129. The summed E-state index contributed by atoms with van der Waals surface area (Å²) in [7, 11) is 0. The molecule has 2 aliphatic rings. The quantitative estimate of drug-likeness (QED) is 0.682. The molecule has 0 aromatic heterocycles. The molecule has 2 rings (SSSR count). The van der Waals surface area contributed by atoms with Gasteiger partial charge in [0.2, 0.25) is 5.91 Å². The summed E-state index contributed by atoms with van der Waals surface area (Å²) in [6.07, 6.45) is 7.27. The Balaban J connectivity index is 1.83. The number of amides is 1. The average Bonchev–Trinajstić information content (AvgIpc) is 2.90. The number of hydrogen-bond donors (Lipinski definition) is 0. The SMILES string of the molecule is CCCC1CC(=O)N(C(C)CC2CC2)C1. The zero-order valence-corrected chi connectivity index (χ0v) is 10.0. The van der Waals surface area contributed by atoms with Crippen molar-refractivity contribution in [1.82, 2.24) is 4.90 Å². The summed E-state index contributed by atoms with van der Waals surface area (Å²) < 4.78 is 0. The predicted octanol–water partition coefficient (Wildman–Crippen LogP) is 2.82. The number of rotatable bonds is 5. The molecule has 1 heterocycles. The third-order valence-corrected chi connectivity index (χ3v) is 3.84. The first-order valence-corrected chi connectivity index (χ1v) is 6.50. The first-order valence-electron chi connectivity index (χ1n) is 6.50. The fourth-order valence-corrected chi connectivity index (χ4v) is 2.80. The van der Waals surface area contributed by atoms with E-state index in [0.29, 0.717) is 17.9 Å². The van der Waals surface area contributed by atoms with Crippen molar-refractivity contribution in [2.75, 3.05) is 6.54 Å². The van der Waals surface area contributed by atoms with Gasteiger partial charge in [0, 0.05) is 19.0 Å². The van der Waals surface area contributed by atoms with E-state index in [4.69, 9.17) is 0 Å². The third-order valence-electron chi connectivity index (χ3n) is 3.84. The van der Waals surface area contributed by atoms with Crippen LogP contribution < -0.4 is 0 Å². The molecule has 2 atom stereocenters. The molecule has 2 fully saturated rings. The van der Waals surface area contributed by atoms with Crippen LogP contribution in [0.25, 0.3) is 0 Å². The van der Waals surface area contributed by atoms with Gasteiger partial charge in [-0.25, -0.2) is 0 Å². The lowest BCUT2D eigenvalue weighted by Crippen LogP contribution is -2.34. The molecule has 0 bridgehead atoms. The van der Waals surface area contributed by atoms with Crippen LogP contribution in [0.15, 0.2) is 0 Å². The molecular formula is C13H23NO. The van der Waals surface area contributed by atoms with Gasteiger partial charge in [0.25, 0.3) is 0 Å². The molecule has 1 saturated heterocycles. The highest BCUT2D eigenvalue weighted by molar-refractivity contribution is 5.78. The van der Waals surface area contributed by atoms with Crippen molar-refractivity contribution in [2.24, 2.45) is 11.8 Å². The monoisotopic (exact) mass is 209 g/mol. The van der Waals surface area contributed by atoms with Gasteiger partial charge in [-0.3, -0.25) is 4.79 Å². The summed E-state index contributed by atoms with van der Waals surface area (Å²) in [5.41, 5.74) is 0. The van der Waals surface area contributed by atoms with Crippen LogP contribution in [0.4, 0.5) is 0 Å². The van der Waals surface area contributed by atoms with Crippen molar-refractivity contribution in [3.05, 3.63) is 0 Å². The molecule has 0 radical (unpaired) electrons. The molecule has 0 aromatic rings. The van der Waals surface area contributed by atoms with Crippen molar-refractivity contribution in [3.63, 3.8) is 0 Å². The molecule has 86 valence electrons. The van der Waals surface area contributed by atoms with Crippen LogP contribution >= 0.6 is 0 Å². The Kier molecular flexibility index (Phi) is 3.32. The third kappa shape index (κ3) is 2.73. The van der Waals surface area contributed by atoms with E-state index in [1.807, 2.05) is 0 Å². The van der Waals surface area contributed by atoms with Crippen LogP contribution in [0.3, 0.4) is 0 Å². The Morgan fingerprint density at radius 1 is 1.40 bits per heavy atom. The summed E-state index contributed by atoms with van der Waals surface area (Å²) in [4.78, 5) is 14.0. The maximum Gasteiger partial charge on any atom is 0.223 e. The molecule has 0 aromatic carbocycles. The second-order valence-corrected chi connectivity index (χ2v) is 5.43. The van der Waals surface area contributed by atoms with Gasteiger partial charge in [-0.2, -0.15) is 0 Å². The first-order chi connectivity index (χ1) is 7.20. The van der Waals surface area contributed by atoms with Crippen LogP contribution in [-0.2, 0) is 4.79 Å². The van der Waals surface area contributed by atoms with E-state index < -0.39 is 0 Å². The highest BCUT2D eigenvalue weighted by Crippen LogP contribution is 2.36. The lowest BCUT2D eigenvalue weighted by atomic mass is 10.0. The molecule has 15 heavy (non-hydrogen) atoms. The van der Waals surface area contributed by atoms with Crippen molar-refractivity contribution < 1.29 is 4.79 Å². The number of carbonyl (C=O) groups excluding carboxylic acids is 1. The van der Waals surface area contributed by atoms with Crippen molar-refractivity contribution >= 4 is 5.91 Å². The average molecular weight is 209 g/mol. The number of carbonyl (C=O) groups is 1. The van der Waals surface area contributed by atoms with E-state index in [1.54, 1.807) is 0 Å². The number of likely N-dealkylation sites (tertiary alicyclic amines) is 1. The maximum absolute atomic E-state index is 11.8. The minimum atomic E-state index is 0.404. The molecule has 2 nitrogen and oxygen atoms in total. The Bertz CT molecular complexity index is 235. The van der Waals surface area contributed by atoms with Gasteiger partial charge in [-0.1, -0.05) is 26.2 Å². The van der Waals surface area contributed by atoms with Crippen LogP contribution in [0.2, 0.25) is 0 Å². The Labute approximate surface area is 93.0 Å². The fraction of sp³-hybridized carbons (Fsp3) is 0.923. The Morgan fingerprint density at radius 2 is 2.13 bits per heavy atom. The molecule has 1 aliphatic carbocycles. The molecule has 1 aliphatic heterocycles. The molecule has 2 heteroatoms. The first kappa shape index (κ1) is 11.0. The summed E-state index contributed by atoms with van der Waals surface area (Å²) in [5, 5.41) is 0. The van der Waals surface area contributed by atoms with Crippen LogP contribution in [0.1, 0.15) is 52.4 Å². The van der Waals surface area contributed by atoms with Gasteiger partial charge in [0.1, 0.15) is 0 Å². The summed E-state index contributed by atoms with van der Waals surface area (Å²) in [6, 6.07) is 0.492. The fourth-order valence-electron chi connectivity index (χ4n) is 2.80. The topological polar surface area (TPSA) is 20.3 Å². The highest BCUT2D eigenvalue weighted by Gasteiger charge is 2.34. The minimum absolute atomic E-state index is 0.404. The van der Waals surface area contributed by atoms with E-state index in [-0.39, 0.29) is 0 Å². The van der Waals surface area contributed by atoms with E-state index in [0.717, 1.165) is 18.9 Å². The molecule has 0 N–H and O–H groups in total. The predicted molar refractivity (Wildman–Crippen MR) is 61.5 cm³/mol. The zero-order chi connectivity index (χ0) is 10.8. The highest BCUT2D eigenvalue weighted by atomic mass is 16.2. The van der Waals surface area contributed by atoms with Crippen molar-refractivity contribution in [1.29, 1.82) is 0 Å². The molecule has 1 amide bonds. The van der Waals surface area contributed by atoms with Gasteiger partial charge < -0.3 is 4.90 Å². The van der Waals surface area contributed by atoms with E-state index >= 15 is 0 Å². The van der Waals surface area contributed by atoms with E-state index in [9.17, 15) is 4.79 Å². The lowest BCUT2D eigenvalue weighted by Gasteiger charge is -2.24. The molecular weight excluding hydrogens is 186 g/mol. The van der Waals surface area contributed by atoms with E-state index in [2.05, 4.69) is 18.7 Å². The summed E-state index contributed by atoms with van der Waals surface area (Å²) >= 11 is 0. The second-order valence-electron chi connectivity index (χ2n) is 5.43. The minimum Gasteiger partial charge on any atom is -0.340 e. The smallest absolute Gasteiger partial charge is 0.223 e. The second kappa shape index (κ2) is 4.54. The van der Waals surface area contributed by atoms with Gasteiger partial charge in [0.05, 0.1) is 0 Å². The number of nitrogens with zero attached hydrogens (tertiary/aromatic N) is 1. The standard InChI is InChI=1S/C13H23NO/c1-3-4-12-8-13(15)14(9-12)10(2)7-11-5-6-11/h10-12H,3-9H2,1-2H3. The van der Waals surface area contributed by atoms with Gasteiger partial charge in [-0.05, 0) is 31.6 Å². The Morgan fingerprint density at radius 3 is 2.73 bits per heavy atom.